The van der Waals surface area contributed by atoms with Crippen LogP contribution in [0, 0.1) is 11.6 Å². The van der Waals surface area contributed by atoms with Gasteiger partial charge in [0, 0.05) is 6.61 Å². The molecule has 0 saturated carbocycles. The molecular formula is C14H20F2N2O. The normalized spacial score (nSPS) is 25.3. The molecule has 19 heavy (non-hydrogen) atoms. The van der Waals surface area contributed by atoms with Crippen LogP contribution in [0.2, 0.25) is 0 Å². The number of hydrazine groups is 1. The van der Waals surface area contributed by atoms with Crippen LogP contribution in [-0.2, 0) is 11.2 Å². The van der Waals surface area contributed by atoms with E-state index < -0.39 is 11.6 Å². The van der Waals surface area contributed by atoms with Gasteiger partial charge in [-0.05, 0) is 50.3 Å². The second-order valence-corrected chi connectivity index (χ2v) is 5.29. The number of halogens is 2. The Balaban J connectivity index is 2.11. The highest BCUT2D eigenvalue weighted by Gasteiger charge is 2.36. The van der Waals surface area contributed by atoms with Gasteiger partial charge in [-0.2, -0.15) is 0 Å². The van der Waals surface area contributed by atoms with Crippen LogP contribution in [0.15, 0.2) is 18.2 Å². The number of nitrogens with one attached hydrogen (secondary N) is 1. The molecule has 2 rings (SSSR count). The molecule has 0 bridgehead atoms. The van der Waals surface area contributed by atoms with Crippen molar-refractivity contribution in [2.45, 2.75) is 44.2 Å². The van der Waals surface area contributed by atoms with E-state index in [9.17, 15) is 8.78 Å². The highest BCUT2D eigenvalue weighted by Crippen LogP contribution is 2.29. The zero-order valence-electron chi connectivity index (χ0n) is 11.1. The topological polar surface area (TPSA) is 47.3 Å². The molecule has 1 saturated heterocycles. The Bertz CT molecular complexity index is 433. The summed E-state index contributed by atoms with van der Waals surface area (Å²) in [7, 11) is 0. The zero-order chi connectivity index (χ0) is 13.9. The first-order valence-electron chi connectivity index (χ1n) is 6.59. The SMILES string of the molecule is CC1(C(Cc2ccc(F)c(F)c2)NN)CCCCO1. The lowest BCUT2D eigenvalue weighted by Crippen LogP contribution is -2.55. The smallest absolute Gasteiger partial charge is 0.159 e. The Morgan fingerprint density at radius 2 is 2.16 bits per heavy atom. The van der Waals surface area contributed by atoms with Crippen molar-refractivity contribution >= 4 is 0 Å². The van der Waals surface area contributed by atoms with E-state index in [0.29, 0.717) is 18.6 Å². The summed E-state index contributed by atoms with van der Waals surface area (Å²) >= 11 is 0. The van der Waals surface area contributed by atoms with Crippen LogP contribution < -0.4 is 11.3 Å². The van der Waals surface area contributed by atoms with Crippen LogP contribution >= 0.6 is 0 Å². The molecule has 0 aromatic heterocycles. The van der Waals surface area contributed by atoms with Crippen LogP contribution in [0.5, 0.6) is 0 Å². The lowest BCUT2D eigenvalue weighted by molar-refractivity contribution is -0.0884. The minimum absolute atomic E-state index is 0.127. The van der Waals surface area contributed by atoms with Crippen molar-refractivity contribution in [1.29, 1.82) is 0 Å². The number of ether oxygens (including phenoxy) is 1. The van der Waals surface area contributed by atoms with Gasteiger partial charge in [-0.15, -0.1) is 0 Å². The van der Waals surface area contributed by atoms with Gasteiger partial charge in [-0.25, -0.2) is 8.78 Å². The molecule has 5 heteroatoms. The zero-order valence-corrected chi connectivity index (χ0v) is 11.1. The average Bonchev–Trinajstić information content (AvgIpc) is 2.40. The highest BCUT2D eigenvalue weighted by atomic mass is 19.2. The van der Waals surface area contributed by atoms with Gasteiger partial charge in [0.2, 0.25) is 0 Å². The Kier molecular flexibility index (Phi) is 4.50. The van der Waals surface area contributed by atoms with Crippen molar-refractivity contribution in [3.8, 4) is 0 Å². The predicted octanol–water partition coefficient (Wildman–Crippen LogP) is 2.30. The maximum Gasteiger partial charge on any atom is 0.159 e. The number of hydrogen-bond donors (Lipinski definition) is 2. The summed E-state index contributed by atoms with van der Waals surface area (Å²) in [5.41, 5.74) is 3.10. The lowest BCUT2D eigenvalue weighted by atomic mass is 9.85. The molecule has 0 aliphatic carbocycles. The fraction of sp³-hybridized carbons (Fsp3) is 0.571. The molecule has 1 aliphatic rings. The minimum Gasteiger partial charge on any atom is -0.374 e. The van der Waals surface area contributed by atoms with Crippen molar-refractivity contribution < 1.29 is 13.5 Å². The number of benzene rings is 1. The van der Waals surface area contributed by atoms with E-state index in [4.69, 9.17) is 10.6 Å². The second kappa shape index (κ2) is 5.94. The summed E-state index contributed by atoms with van der Waals surface area (Å²) in [6, 6.07) is 3.81. The average molecular weight is 270 g/mol. The third-order valence-corrected chi connectivity index (χ3v) is 3.86. The van der Waals surface area contributed by atoms with Gasteiger partial charge in [-0.3, -0.25) is 11.3 Å². The highest BCUT2D eigenvalue weighted by molar-refractivity contribution is 5.19. The predicted molar refractivity (Wildman–Crippen MR) is 69.4 cm³/mol. The van der Waals surface area contributed by atoms with E-state index >= 15 is 0 Å². The van der Waals surface area contributed by atoms with Crippen LogP contribution in [0.4, 0.5) is 8.78 Å². The van der Waals surface area contributed by atoms with Gasteiger partial charge >= 0.3 is 0 Å². The maximum absolute atomic E-state index is 13.2. The number of rotatable bonds is 4. The Morgan fingerprint density at radius 3 is 2.74 bits per heavy atom. The first kappa shape index (κ1) is 14.4. The monoisotopic (exact) mass is 270 g/mol. The molecule has 2 unspecified atom stereocenters. The molecule has 0 radical (unpaired) electrons. The Morgan fingerprint density at radius 1 is 1.37 bits per heavy atom. The van der Waals surface area contributed by atoms with Crippen molar-refractivity contribution in [2.24, 2.45) is 5.84 Å². The molecule has 1 aromatic carbocycles. The first-order valence-corrected chi connectivity index (χ1v) is 6.59. The van der Waals surface area contributed by atoms with Crippen molar-refractivity contribution in [3.63, 3.8) is 0 Å². The molecular weight excluding hydrogens is 250 g/mol. The standard InChI is InChI=1S/C14H20F2N2O/c1-14(6-2-3-7-19-14)13(18-17)9-10-4-5-11(15)12(16)8-10/h4-5,8,13,18H,2-3,6-7,9,17H2,1H3. The van der Waals surface area contributed by atoms with E-state index in [2.05, 4.69) is 5.43 Å². The van der Waals surface area contributed by atoms with E-state index in [0.717, 1.165) is 25.3 Å². The van der Waals surface area contributed by atoms with Crippen LogP contribution in [0.3, 0.4) is 0 Å². The number of nitrogens with two attached hydrogens (primary N) is 1. The molecule has 0 amide bonds. The fourth-order valence-corrected chi connectivity index (χ4v) is 2.58. The molecule has 1 fully saturated rings. The second-order valence-electron chi connectivity index (χ2n) is 5.29. The quantitative estimate of drug-likeness (QED) is 0.652. The van der Waals surface area contributed by atoms with Crippen LogP contribution in [-0.4, -0.2) is 18.2 Å². The Hall–Kier alpha value is -1.04. The van der Waals surface area contributed by atoms with Crippen molar-refractivity contribution in [2.75, 3.05) is 6.61 Å². The summed E-state index contributed by atoms with van der Waals surface area (Å²) < 4.78 is 32.0. The third-order valence-electron chi connectivity index (χ3n) is 3.86. The van der Waals surface area contributed by atoms with Gasteiger partial charge in [0.05, 0.1) is 11.6 Å². The minimum atomic E-state index is -0.832. The van der Waals surface area contributed by atoms with Gasteiger partial charge in [0.25, 0.3) is 0 Å². The van der Waals surface area contributed by atoms with E-state index in [1.54, 1.807) is 6.07 Å². The maximum atomic E-state index is 13.2. The summed E-state index contributed by atoms with van der Waals surface area (Å²) in [5.74, 6) is 3.94. The van der Waals surface area contributed by atoms with Crippen molar-refractivity contribution in [1.82, 2.24) is 5.43 Å². The molecule has 1 heterocycles. The largest absolute Gasteiger partial charge is 0.374 e. The van der Waals surface area contributed by atoms with Crippen LogP contribution in [0.1, 0.15) is 31.7 Å². The van der Waals surface area contributed by atoms with Gasteiger partial charge in [-0.1, -0.05) is 6.07 Å². The molecule has 106 valence electrons. The molecule has 1 aliphatic heterocycles. The number of hydrogen-bond acceptors (Lipinski definition) is 3. The first-order chi connectivity index (χ1) is 9.05. The molecule has 0 spiro atoms. The summed E-state index contributed by atoms with van der Waals surface area (Å²) in [6.07, 6.45) is 3.56. The van der Waals surface area contributed by atoms with E-state index in [1.165, 1.54) is 6.07 Å². The van der Waals surface area contributed by atoms with E-state index in [-0.39, 0.29) is 11.6 Å². The van der Waals surface area contributed by atoms with Gasteiger partial charge in [0.15, 0.2) is 11.6 Å². The third kappa shape index (κ3) is 3.29. The van der Waals surface area contributed by atoms with E-state index in [1.807, 2.05) is 6.92 Å². The van der Waals surface area contributed by atoms with Gasteiger partial charge in [0.1, 0.15) is 0 Å². The molecule has 1 aromatic rings. The summed E-state index contributed by atoms with van der Waals surface area (Å²) in [6.45, 7) is 2.73. The fourth-order valence-electron chi connectivity index (χ4n) is 2.58. The van der Waals surface area contributed by atoms with Crippen LogP contribution in [0.25, 0.3) is 0 Å². The molecule has 3 N–H and O–H groups in total. The summed E-state index contributed by atoms with van der Waals surface area (Å²) in [4.78, 5) is 0. The lowest BCUT2D eigenvalue weighted by Gasteiger charge is -2.40. The molecule has 2 atom stereocenters. The molecule has 3 nitrogen and oxygen atoms in total. The summed E-state index contributed by atoms with van der Waals surface area (Å²) in [5, 5.41) is 0. The van der Waals surface area contributed by atoms with Gasteiger partial charge < -0.3 is 4.74 Å². The van der Waals surface area contributed by atoms with Crippen molar-refractivity contribution in [3.05, 3.63) is 35.4 Å². The Labute approximate surface area is 112 Å².